The molecule has 2 heterocycles. The first-order valence-corrected chi connectivity index (χ1v) is 7.38. The summed E-state index contributed by atoms with van der Waals surface area (Å²) in [5.74, 6) is -0.846. The second-order valence-electron chi connectivity index (χ2n) is 5.84. The standard InChI is InChI=1S/C15H17N3O2/c19-15(20)13-10-6-3-7-12(10)17-14-11(13)8-16-18(14)9-4-1-2-5-9/h8-9H,1-7H2,(H,19,20). The number of aryl methyl sites for hydroxylation is 1. The second kappa shape index (κ2) is 4.30. The summed E-state index contributed by atoms with van der Waals surface area (Å²) in [6.07, 6.45) is 9.12. The molecule has 1 fully saturated rings. The van der Waals surface area contributed by atoms with E-state index in [1.165, 1.54) is 12.8 Å². The van der Waals surface area contributed by atoms with Crippen molar-refractivity contribution in [1.82, 2.24) is 14.8 Å². The van der Waals surface area contributed by atoms with Gasteiger partial charge >= 0.3 is 5.97 Å². The van der Waals surface area contributed by atoms with Crippen molar-refractivity contribution in [2.45, 2.75) is 51.0 Å². The molecule has 5 heteroatoms. The molecule has 20 heavy (non-hydrogen) atoms. The molecule has 0 saturated heterocycles. The summed E-state index contributed by atoms with van der Waals surface area (Å²) in [7, 11) is 0. The van der Waals surface area contributed by atoms with E-state index in [0.29, 0.717) is 17.0 Å². The Morgan fingerprint density at radius 1 is 1.25 bits per heavy atom. The van der Waals surface area contributed by atoms with Crippen molar-refractivity contribution in [3.63, 3.8) is 0 Å². The van der Waals surface area contributed by atoms with E-state index in [0.717, 1.165) is 49.0 Å². The van der Waals surface area contributed by atoms with Gasteiger partial charge in [-0.2, -0.15) is 5.10 Å². The highest BCUT2D eigenvalue weighted by Crippen LogP contribution is 2.34. The van der Waals surface area contributed by atoms with Crippen LogP contribution in [0.3, 0.4) is 0 Å². The summed E-state index contributed by atoms with van der Waals surface area (Å²) in [6.45, 7) is 0. The summed E-state index contributed by atoms with van der Waals surface area (Å²) >= 11 is 0. The third-order valence-electron chi connectivity index (χ3n) is 4.65. The Bertz CT molecular complexity index is 699. The third kappa shape index (κ3) is 1.58. The molecular weight excluding hydrogens is 254 g/mol. The maximum atomic E-state index is 11.6. The molecule has 5 nitrogen and oxygen atoms in total. The Morgan fingerprint density at radius 3 is 2.80 bits per heavy atom. The zero-order valence-corrected chi connectivity index (χ0v) is 11.3. The number of carboxylic acids is 1. The number of aromatic nitrogens is 3. The summed E-state index contributed by atoms with van der Waals surface area (Å²) in [6, 6.07) is 0.390. The van der Waals surface area contributed by atoms with Crippen molar-refractivity contribution in [1.29, 1.82) is 0 Å². The van der Waals surface area contributed by atoms with Crippen LogP contribution in [0.2, 0.25) is 0 Å². The molecule has 2 aromatic heterocycles. The summed E-state index contributed by atoms with van der Waals surface area (Å²) in [5, 5.41) is 14.7. The first kappa shape index (κ1) is 11.9. The normalized spacial score (nSPS) is 18.8. The van der Waals surface area contributed by atoms with Crippen LogP contribution in [0.1, 0.15) is 59.8 Å². The largest absolute Gasteiger partial charge is 0.478 e. The van der Waals surface area contributed by atoms with Gasteiger partial charge in [-0.25, -0.2) is 14.5 Å². The van der Waals surface area contributed by atoms with E-state index in [1.807, 2.05) is 4.68 Å². The highest BCUT2D eigenvalue weighted by atomic mass is 16.4. The van der Waals surface area contributed by atoms with E-state index in [-0.39, 0.29) is 0 Å². The molecule has 4 rings (SSSR count). The highest BCUT2D eigenvalue weighted by Gasteiger charge is 2.27. The topological polar surface area (TPSA) is 68.0 Å². The van der Waals surface area contributed by atoms with Crippen molar-refractivity contribution in [2.75, 3.05) is 0 Å². The smallest absolute Gasteiger partial charge is 0.336 e. The van der Waals surface area contributed by atoms with Gasteiger partial charge in [-0.3, -0.25) is 0 Å². The average Bonchev–Trinajstić information content (AvgIpc) is 3.14. The molecule has 2 aromatic rings. The van der Waals surface area contributed by atoms with E-state index in [2.05, 4.69) is 5.10 Å². The third-order valence-corrected chi connectivity index (χ3v) is 4.65. The number of hydrogen-bond acceptors (Lipinski definition) is 3. The lowest BCUT2D eigenvalue weighted by Gasteiger charge is -2.12. The van der Waals surface area contributed by atoms with E-state index >= 15 is 0 Å². The number of carboxylic acid groups (broad SMARTS) is 1. The average molecular weight is 271 g/mol. The first-order chi connectivity index (χ1) is 9.75. The van der Waals surface area contributed by atoms with Crippen molar-refractivity contribution in [3.05, 3.63) is 23.0 Å². The Morgan fingerprint density at radius 2 is 2.05 bits per heavy atom. The second-order valence-corrected chi connectivity index (χ2v) is 5.84. The van der Waals surface area contributed by atoms with Gasteiger partial charge < -0.3 is 5.11 Å². The number of carbonyl (C=O) groups is 1. The van der Waals surface area contributed by atoms with E-state index in [1.54, 1.807) is 6.20 Å². The molecule has 0 amide bonds. The van der Waals surface area contributed by atoms with Crippen LogP contribution in [0.4, 0.5) is 0 Å². The van der Waals surface area contributed by atoms with Gasteiger partial charge in [0.2, 0.25) is 0 Å². The monoisotopic (exact) mass is 271 g/mol. The molecule has 0 atom stereocenters. The number of hydrogen-bond donors (Lipinski definition) is 1. The molecule has 2 aliphatic carbocycles. The van der Waals surface area contributed by atoms with Gasteiger partial charge in [0.25, 0.3) is 0 Å². The van der Waals surface area contributed by atoms with Crippen LogP contribution >= 0.6 is 0 Å². The van der Waals surface area contributed by atoms with Gasteiger partial charge in [-0.15, -0.1) is 0 Å². The summed E-state index contributed by atoms with van der Waals surface area (Å²) < 4.78 is 1.97. The maximum Gasteiger partial charge on any atom is 0.336 e. The van der Waals surface area contributed by atoms with Crippen LogP contribution in [-0.2, 0) is 12.8 Å². The lowest BCUT2D eigenvalue weighted by molar-refractivity contribution is 0.0698. The Kier molecular flexibility index (Phi) is 2.55. The van der Waals surface area contributed by atoms with E-state index in [4.69, 9.17) is 4.98 Å². The molecule has 0 aliphatic heterocycles. The first-order valence-electron chi connectivity index (χ1n) is 7.38. The van der Waals surface area contributed by atoms with E-state index < -0.39 is 5.97 Å². The lowest BCUT2D eigenvalue weighted by Crippen LogP contribution is -2.10. The van der Waals surface area contributed by atoms with Crippen molar-refractivity contribution in [3.8, 4) is 0 Å². The Labute approximate surface area is 116 Å². The Balaban J connectivity index is 1.97. The lowest BCUT2D eigenvalue weighted by atomic mass is 10.0. The Hall–Kier alpha value is -1.91. The van der Waals surface area contributed by atoms with Gasteiger partial charge in [0, 0.05) is 5.69 Å². The fraction of sp³-hybridized carbons (Fsp3) is 0.533. The molecule has 1 N–H and O–H groups in total. The van der Waals surface area contributed by atoms with E-state index in [9.17, 15) is 9.90 Å². The molecule has 2 aliphatic rings. The van der Waals surface area contributed by atoms with Gasteiger partial charge in [-0.1, -0.05) is 12.8 Å². The molecule has 0 aromatic carbocycles. The molecule has 0 bridgehead atoms. The van der Waals surface area contributed by atoms with Crippen LogP contribution in [-0.4, -0.2) is 25.8 Å². The van der Waals surface area contributed by atoms with Gasteiger partial charge in [0.05, 0.1) is 23.2 Å². The van der Waals surface area contributed by atoms with Gasteiger partial charge in [0.1, 0.15) is 0 Å². The zero-order valence-electron chi connectivity index (χ0n) is 11.3. The van der Waals surface area contributed by atoms with Gasteiger partial charge in [-0.05, 0) is 37.7 Å². The van der Waals surface area contributed by atoms with Crippen LogP contribution < -0.4 is 0 Å². The number of pyridine rings is 1. The minimum absolute atomic E-state index is 0.390. The predicted molar refractivity (Wildman–Crippen MR) is 74.0 cm³/mol. The zero-order chi connectivity index (χ0) is 13.7. The maximum absolute atomic E-state index is 11.6. The molecular formula is C15H17N3O2. The van der Waals surface area contributed by atoms with Crippen molar-refractivity contribution >= 4 is 17.0 Å². The molecule has 1 saturated carbocycles. The molecule has 0 unspecified atom stereocenters. The SMILES string of the molecule is O=C(O)c1c2c(nc3c1cnn3C1CCCC1)CCC2. The van der Waals surface area contributed by atoms with Crippen molar-refractivity contribution in [2.24, 2.45) is 0 Å². The number of aromatic carboxylic acids is 1. The fourth-order valence-corrected chi connectivity index (χ4v) is 3.71. The van der Waals surface area contributed by atoms with Crippen LogP contribution in [0.15, 0.2) is 6.20 Å². The number of nitrogens with zero attached hydrogens (tertiary/aromatic N) is 3. The quantitative estimate of drug-likeness (QED) is 0.912. The minimum atomic E-state index is -0.846. The number of fused-ring (bicyclic) bond motifs is 2. The summed E-state index contributed by atoms with van der Waals surface area (Å²) in [4.78, 5) is 16.4. The fourth-order valence-electron chi connectivity index (χ4n) is 3.71. The van der Waals surface area contributed by atoms with Gasteiger partial charge in [0.15, 0.2) is 5.65 Å². The van der Waals surface area contributed by atoms with Crippen molar-refractivity contribution < 1.29 is 9.90 Å². The van der Waals surface area contributed by atoms with Crippen LogP contribution in [0.5, 0.6) is 0 Å². The predicted octanol–water partition coefficient (Wildman–Crippen LogP) is 2.73. The number of rotatable bonds is 2. The minimum Gasteiger partial charge on any atom is -0.478 e. The van der Waals surface area contributed by atoms with Crippen LogP contribution in [0.25, 0.3) is 11.0 Å². The van der Waals surface area contributed by atoms with Crippen LogP contribution in [0, 0.1) is 0 Å². The molecule has 0 radical (unpaired) electrons. The molecule has 0 spiro atoms. The highest BCUT2D eigenvalue weighted by molar-refractivity contribution is 6.03. The summed E-state index contributed by atoms with van der Waals surface area (Å²) in [5.41, 5.74) is 3.10. The molecule has 104 valence electrons.